The molecule has 1 aliphatic rings. The molecule has 2 aromatic rings. The molecule has 0 spiro atoms. The number of hydrogen-bond acceptors (Lipinski definition) is 4. The number of nitrogens with zero attached hydrogens (tertiary/aromatic N) is 2. The number of fused-ring (bicyclic) bond motifs is 1. The van der Waals surface area contributed by atoms with Crippen LogP contribution in [0.15, 0.2) is 27.4 Å². The Morgan fingerprint density at radius 3 is 2.94 bits per heavy atom. The molecule has 0 saturated heterocycles. The molecule has 0 unspecified atom stereocenters. The number of hydrogen-bond donors (Lipinski definition) is 0. The third kappa shape index (κ3) is 1.91. The molecule has 0 aromatic carbocycles. The predicted octanol–water partition coefficient (Wildman–Crippen LogP) is 3.02. The Balaban J connectivity index is 2.06. The molecule has 0 aliphatic heterocycles. The van der Waals surface area contributed by atoms with Crippen molar-refractivity contribution < 1.29 is 9.21 Å². The minimum Gasteiger partial charge on any atom is -0.446 e. The summed E-state index contributed by atoms with van der Waals surface area (Å²) in [4.78, 5) is 20.2. The number of furan rings is 1. The van der Waals surface area contributed by atoms with Gasteiger partial charge in [0.1, 0.15) is 0 Å². The van der Waals surface area contributed by atoms with Gasteiger partial charge in [0.2, 0.25) is 0 Å². The number of Topliss-reactive ketones (excluding diaryl/α,β-unsaturated/α-hetero) is 1. The molecule has 3 rings (SSSR count). The van der Waals surface area contributed by atoms with Gasteiger partial charge in [-0.25, -0.2) is 9.97 Å². The lowest BCUT2D eigenvalue weighted by atomic mass is 9.96. The molecule has 0 atom stereocenters. The second-order valence-corrected chi connectivity index (χ2v) is 4.72. The smallest absolute Gasteiger partial charge is 0.195 e. The number of ketones is 1. The fourth-order valence-corrected chi connectivity index (χ4v) is 2.25. The average Bonchev–Trinajstić information content (AvgIpc) is 2.76. The zero-order valence-electron chi connectivity index (χ0n) is 8.94. The van der Waals surface area contributed by atoms with Crippen molar-refractivity contribution in [3.8, 4) is 11.6 Å². The topological polar surface area (TPSA) is 56.0 Å². The molecule has 0 bridgehead atoms. The summed E-state index contributed by atoms with van der Waals surface area (Å²) < 4.78 is 6.04. The van der Waals surface area contributed by atoms with Gasteiger partial charge in [-0.1, -0.05) is 0 Å². The second kappa shape index (κ2) is 4.07. The van der Waals surface area contributed by atoms with E-state index in [-0.39, 0.29) is 5.78 Å². The van der Waals surface area contributed by atoms with E-state index in [0.29, 0.717) is 28.2 Å². The first-order valence-electron chi connectivity index (χ1n) is 5.39. The summed E-state index contributed by atoms with van der Waals surface area (Å²) >= 11 is 3.24. The van der Waals surface area contributed by atoms with Crippen LogP contribution in [0.1, 0.15) is 28.9 Å². The molecule has 86 valence electrons. The Labute approximate surface area is 106 Å². The highest BCUT2D eigenvalue weighted by Gasteiger charge is 2.20. The molecule has 0 amide bonds. The summed E-state index contributed by atoms with van der Waals surface area (Å²) in [6.45, 7) is 0. The van der Waals surface area contributed by atoms with Crippen LogP contribution in [0, 0.1) is 0 Å². The standard InChI is InChI=1S/C12H9BrN2O2/c13-11-5-4-10(17-11)12-14-6-7-8(15-12)2-1-3-9(7)16/h4-6H,1-3H2. The van der Waals surface area contributed by atoms with Gasteiger partial charge in [0, 0.05) is 12.6 Å². The van der Waals surface area contributed by atoms with E-state index in [1.54, 1.807) is 18.3 Å². The van der Waals surface area contributed by atoms with Crippen molar-refractivity contribution in [1.29, 1.82) is 0 Å². The first-order valence-corrected chi connectivity index (χ1v) is 6.18. The number of carbonyl (C=O) groups excluding carboxylic acids is 1. The number of rotatable bonds is 1. The maximum atomic E-state index is 11.6. The highest BCUT2D eigenvalue weighted by molar-refractivity contribution is 9.10. The van der Waals surface area contributed by atoms with E-state index < -0.39 is 0 Å². The third-order valence-corrected chi connectivity index (χ3v) is 3.21. The van der Waals surface area contributed by atoms with Crippen molar-refractivity contribution >= 4 is 21.7 Å². The van der Waals surface area contributed by atoms with Crippen LogP contribution in [-0.2, 0) is 6.42 Å². The average molecular weight is 293 g/mol. The normalized spacial score (nSPS) is 14.8. The van der Waals surface area contributed by atoms with Crippen LogP contribution < -0.4 is 0 Å². The molecule has 4 nitrogen and oxygen atoms in total. The van der Waals surface area contributed by atoms with Crippen LogP contribution in [0.5, 0.6) is 0 Å². The van der Waals surface area contributed by atoms with E-state index in [2.05, 4.69) is 25.9 Å². The van der Waals surface area contributed by atoms with E-state index in [1.165, 1.54) is 0 Å². The summed E-state index contributed by atoms with van der Waals surface area (Å²) in [6.07, 6.45) is 3.90. The van der Waals surface area contributed by atoms with Crippen molar-refractivity contribution in [2.24, 2.45) is 0 Å². The van der Waals surface area contributed by atoms with Gasteiger partial charge in [-0.3, -0.25) is 4.79 Å². The van der Waals surface area contributed by atoms with Gasteiger partial charge in [-0.15, -0.1) is 0 Å². The zero-order valence-corrected chi connectivity index (χ0v) is 10.5. The maximum absolute atomic E-state index is 11.6. The quantitative estimate of drug-likeness (QED) is 0.811. The van der Waals surface area contributed by atoms with Gasteiger partial charge < -0.3 is 4.42 Å². The molecule has 2 heterocycles. The second-order valence-electron chi connectivity index (χ2n) is 3.93. The highest BCUT2D eigenvalue weighted by Crippen LogP contribution is 2.25. The molecule has 2 aromatic heterocycles. The Hall–Kier alpha value is -1.49. The fourth-order valence-electron chi connectivity index (χ4n) is 1.94. The molecule has 0 fully saturated rings. The van der Waals surface area contributed by atoms with Crippen LogP contribution >= 0.6 is 15.9 Å². The maximum Gasteiger partial charge on any atom is 0.195 e. The number of aromatic nitrogens is 2. The van der Waals surface area contributed by atoms with Crippen molar-refractivity contribution in [2.75, 3.05) is 0 Å². The van der Waals surface area contributed by atoms with Gasteiger partial charge in [0.25, 0.3) is 0 Å². The summed E-state index contributed by atoms with van der Waals surface area (Å²) in [7, 11) is 0. The Kier molecular flexibility index (Phi) is 2.55. The predicted molar refractivity (Wildman–Crippen MR) is 64.7 cm³/mol. The van der Waals surface area contributed by atoms with Gasteiger partial charge in [-0.2, -0.15) is 0 Å². The summed E-state index contributed by atoms with van der Waals surface area (Å²) in [5, 5.41) is 0. The van der Waals surface area contributed by atoms with Gasteiger partial charge in [0.15, 0.2) is 22.0 Å². The van der Waals surface area contributed by atoms with E-state index in [1.807, 2.05) is 0 Å². The van der Waals surface area contributed by atoms with Crippen LogP contribution in [0.2, 0.25) is 0 Å². The van der Waals surface area contributed by atoms with Crippen molar-refractivity contribution in [1.82, 2.24) is 9.97 Å². The fraction of sp³-hybridized carbons (Fsp3) is 0.250. The SMILES string of the molecule is O=C1CCCc2nc(-c3ccc(Br)o3)ncc21. The Bertz CT molecular complexity index is 592. The van der Waals surface area contributed by atoms with E-state index in [9.17, 15) is 4.79 Å². The zero-order chi connectivity index (χ0) is 11.8. The molecule has 0 N–H and O–H groups in total. The lowest BCUT2D eigenvalue weighted by Crippen LogP contribution is -2.13. The molecule has 0 radical (unpaired) electrons. The van der Waals surface area contributed by atoms with Crippen molar-refractivity contribution in [3.05, 3.63) is 34.3 Å². The van der Waals surface area contributed by atoms with E-state index in [0.717, 1.165) is 18.5 Å². The minimum absolute atomic E-state index is 0.137. The third-order valence-electron chi connectivity index (χ3n) is 2.78. The highest BCUT2D eigenvalue weighted by atomic mass is 79.9. The first-order chi connectivity index (χ1) is 8.24. The van der Waals surface area contributed by atoms with Crippen LogP contribution in [0.25, 0.3) is 11.6 Å². The number of aryl methyl sites for hydroxylation is 1. The molecule has 1 aliphatic carbocycles. The molecule has 17 heavy (non-hydrogen) atoms. The Morgan fingerprint density at radius 2 is 2.18 bits per heavy atom. The molecular weight excluding hydrogens is 284 g/mol. The van der Waals surface area contributed by atoms with Crippen LogP contribution in [0.3, 0.4) is 0 Å². The van der Waals surface area contributed by atoms with Gasteiger partial charge >= 0.3 is 0 Å². The number of carbonyl (C=O) groups is 1. The van der Waals surface area contributed by atoms with Crippen molar-refractivity contribution in [2.45, 2.75) is 19.3 Å². The van der Waals surface area contributed by atoms with Crippen LogP contribution in [-0.4, -0.2) is 15.8 Å². The minimum atomic E-state index is 0.137. The van der Waals surface area contributed by atoms with Crippen molar-refractivity contribution in [3.63, 3.8) is 0 Å². The lowest BCUT2D eigenvalue weighted by molar-refractivity contribution is 0.0971. The Morgan fingerprint density at radius 1 is 1.29 bits per heavy atom. The molecular formula is C12H9BrN2O2. The van der Waals surface area contributed by atoms with E-state index in [4.69, 9.17) is 4.42 Å². The molecule has 0 saturated carbocycles. The lowest BCUT2D eigenvalue weighted by Gasteiger charge is -2.12. The van der Waals surface area contributed by atoms with E-state index >= 15 is 0 Å². The van der Waals surface area contributed by atoms with Gasteiger partial charge in [0.05, 0.1) is 11.3 Å². The summed E-state index contributed by atoms with van der Waals surface area (Å²) in [5.74, 6) is 1.28. The number of halogens is 1. The van der Waals surface area contributed by atoms with Crippen LogP contribution in [0.4, 0.5) is 0 Å². The largest absolute Gasteiger partial charge is 0.446 e. The monoisotopic (exact) mass is 292 g/mol. The summed E-state index contributed by atoms with van der Waals surface area (Å²) in [5.41, 5.74) is 1.49. The first kappa shape index (κ1) is 10.7. The molecule has 5 heteroatoms. The summed E-state index contributed by atoms with van der Waals surface area (Å²) in [6, 6.07) is 3.60. The van der Waals surface area contributed by atoms with Gasteiger partial charge in [-0.05, 0) is 40.9 Å².